The highest BCUT2D eigenvalue weighted by Crippen LogP contribution is 2.17. The van der Waals surface area contributed by atoms with Crippen LogP contribution in [0.25, 0.3) is 0 Å². The van der Waals surface area contributed by atoms with Crippen molar-refractivity contribution in [3.63, 3.8) is 0 Å². The van der Waals surface area contributed by atoms with Gasteiger partial charge in [0.1, 0.15) is 6.29 Å². The summed E-state index contributed by atoms with van der Waals surface area (Å²) in [4.78, 5) is 24.1. The van der Waals surface area contributed by atoms with Crippen LogP contribution >= 0.6 is 11.8 Å². The standard InChI is InChI=1S/C11H21NO2S/c1-8(2)6-10(7-13)12(5)11(14)15-9(3)4/h7-10H,6H2,1-5H3. The second kappa shape index (κ2) is 6.88. The summed E-state index contributed by atoms with van der Waals surface area (Å²) in [5.41, 5.74) is 0. The Hall–Kier alpha value is -0.510. The van der Waals surface area contributed by atoms with Gasteiger partial charge in [-0.1, -0.05) is 39.5 Å². The largest absolute Gasteiger partial charge is 0.327 e. The van der Waals surface area contributed by atoms with Crippen LogP contribution in [0, 0.1) is 5.92 Å². The molecule has 15 heavy (non-hydrogen) atoms. The van der Waals surface area contributed by atoms with Crippen molar-refractivity contribution in [1.82, 2.24) is 4.90 Å². The Morgan fingerprint density at radius 1 is 1.33 bits per heavy atom. The Kier molecular flexibility index (Phi) is 6.65. The number of hydrogen-bond donors (Lipinski definition) is 0. The number of carbonyl (C=O) groups is 2. The van der Waals surface area contributed by atoms with E-state index in [0.717, 1.165) is 12.7 Å². The molecule has 0 aliphatic rings. The highest BCUT2D eigenvalue weighted by atomic mass is 32.2. The molecule has 0 heterocycles. The van der Waals surface area contributed by atoms with Gasteiger partial charge in [0.25, 0.3) is 5.24 Å². The summed E-state index contributed by atoms with van der Waals surface area (Å²) >= 11 is 1.26. The maximum atomic E-state index is 11.7. The third kappa shape index (κ3) is 5.82. The highest BCUT2D eigenvalue weighted by molar-refractivity contribution is 8.14. The van der Waals surface area contributed by atoms with E-state index in [9.17, 15) is 9.59 Å². The maximum absolute atomic E-state index is 11.7. The molecule has 88 valence electrons. The molecule has 0 aliphatic heterocycles. The average molecular weight is 231 g/mol. The Labute approximate surface area is 96.6 Å². The van der Waals surface area contributed by atoms with Crippen molar-refractivity contribution in [2.24, 2.45) is 5.92 Å². The summed E-state index contributed by atoms with van der Waals surface area (Å²) in [5.74, 6) is 0.416. The Morgan fingerprint density at radius 3 is 2.20 bits per heavy atom. The number of hydrogen-bond acceptors (Lipinski definition) is 3. The first-order chi connectivity index (χ1) is 6.88. The second-order valence-corrected chi connectivity index (χ2v) is 5.90. The Morgan fingerprint density at radius 2 is 1.87 bits per heavy atom. The van der Waals surface area contributed by atoms with Crippen LogP contribution in [0.3, 0.4) is 0 Å². The number of nitrogens with zero attached hydrogens (tertiary/aromatic N) is 1. The number of rotatable bonds is 5. The monoisotopic (exact) mass is 231 g/mol. The average Bonchev–Trinajstić information content (AvgIpc) is 2.11. The van der Waals surface area contributed by atoms with Gasteiger partial charge < -0.3 is 9.69 Å². The summed E-state index contributed by atoms with van der Waals surface area (Å²) in [6.07, 6.45) is 1.59. The van der Waals surface area contributed by atoms with Gasteiger partial charge >= 0.3 is 0 Å². The fraction of sp³-hybridized carbons (Fsp3) is 0.818. The molecule has 0 aromatic rings. The van der Waals surface area contributed by atoms with E-state index >= 15 is 0 Å². The van der Waals surface area contributed by atoms with Gasteiger partial charge in [-0.2, -0.15) is 0 Å². The molecule has 1 unspecified atom stereocenters. The van der Waals surface area contributed by atoms with Crippen LogP contribution in [0.1, 0.15) is 34.1 Å². The van der Waals surface area contributed by atoms with Gasteiger partial charge in [-0.15, -0.1) is 0 Å². The van der Waals surface area contributed by atoms with Crippen LogP contribution in [0.4, 0.5) is 4.79 Å². The molecule has 0 saturated carbocycles. The number of aldehydes is 1. The van der Waals surface area contributed by atoms with Gasteiger partial charge in [-0.3, -0.25) is 4.79 Å². The van der Waals surface area contributed by atoms with Gasteiger partial charge in [0.15, 0.2) is 0 Å². The Balaban J connectivity index is 4.30. The maximum Gasteiger partial charge on any atom is 0.282 e. The molecule has 0 aliphatic carbocycles. The fourth-order valence-electron chi connectivity index (χ4n) is 1.21. The number of carbonyl (C=O) groups excluding carboxylic acids is 2. The van der Waals surface area contributed by atoms with Crippen LogP contribution in [0.2, 0.25) is 0 Å². The first-order valence-electron chi connectivity index (χ1n) is 5.27. The van der Waals surface area contributed by atoms with Gasteiger partial charge in [0.2, 0.25) is 0 Å². The fourth-order valence-corrected chi connectivity index (χ4v) is 1.91. The third-order valence-corrected chi connectivity index (χ3v) is 2.95. The van der Waals surface area contributed by atoms with Crippen LogP contribution < -0.4 is 0 Å². The van der Waals surface area contributed by atoms with Crippen molar-refractivity contribution < 1.29 is 9.59 Å². The van der Waals surface area contributed by atoms with E-state index in [1.807, 2.05) is 27.7 Å². The minimum atomic E-state index is -0.288. The predicted molar refractivity (Wildman–Crippen MR) is 65.2 cm³/mol. The molecule has 0 rings (SSSR count). The van der Waals surface area contributed by atoms with Crippen molar-refractivity contribution in [2.45, 2.75) is 45.4 Å². The lowest BCUT2D eigenvalue weighted by Gasteiger charge is -2.25. The zero-order valence-corrected chi connectivity index (χ0v) is 11.0. The lowest BCUT2D eigenvalue weighted by Crippen LogP contribution is -2.37. The van der Waals surface area contributed by atoms with E-state index in [2.05, 4.69) is 0 Å². The van der Waals surface area contributed by atoms with Crippen molar-refractivity contribution >= 4 is 23.3 Å². The molecule has 0 fully saturated rings. The molecular formula is C11H21NO2S. The Bertz CT molecular complexity index is 217. The second-order valence-electron chi connectivity index (χ2n) is 4.38. The van der Waals surface area contributed by atoms with E-state index in [1.165, 1.54) is 16.7 Å². The predicted octanol–water partition coefficient (Wildman–Crippen LogP) is 2.79. The molecule has 3 nitrogen and oxygen atoms in total. The summed E-state index contributed by atoms with van der Waals surface area (Å²) in [7, 11) is 1.69. The van der Waals surface area contributed by atoms with E-state index in [4.69, 9.17) is 0 Å². The molecular weight excluding hydrogens is 210 g/mol. The molecule has 0 aromatic carbocycles. The molecule has 0 bridgehead atoms. The van der Waals surface area contributed by atoms with E-state index < -0.39 is 0 Å². The minimum Gasteiger partial charge on any atom is -0.327 e. The molecule has 1 amide bonds. The minimum absolute atomic E-state index is 0.0252. The molecule has 0 saturated heterocycles. The first kappa shape index (κ1) is 14.5. The van der Waals surface area contributed by atoms with Crippen LogP contribution in [-0.4, -0.2) is 34.8 Å². The molecule has 0 aromatic heterocycles. The van der Waals surface area contributed by atoms with Crippen LogP contribution in [-0.2, 0) is 4.79 Å². The number of thioether (sulfide) groups is 1. The number of amides is 1. The molecule has 0 N–H and O–H groups in total. The van der Waals surface area contributed by atoms with Crippen molar-refractivity contribution in [1.29, 1.82) is 0 Å². The van der Waals surface area contributed by atoms with Gasteiger partial charge in [-0.25, -0.2) is 0 Å². The van der Waals surface area contributed by atoms with Crippen molar-refractivity contribution in [3.8, 4) is 0 Å². The van der Waals surface area contributed by atoms with E-state index in [-0.39, 0.29) is 16.5 Å². The zero-order valence-electron chi connectivity index (χ0n) is 10.2. The van der Waals surface area contributed by atoms with Crippen molar-refractivity contribution in [3.05, 3.63) is 0 Å². The third-order valence-electron chi connectivity index (χ3n) is 1.99. The molecule has 1 atom stereocenters. The first-order valence-corrected chi connectivity index (χ1v) is 6.15. The summed E-state index contributed by atoms with van der Waals surface area (Å²) in [5, 5.41) is 0.231. The zero-order chi connectivity index (χ0) is 12.0. The highest BCUT2D eigenvalue weighted by Gasteiger charge is 2.21. The van der Waals surface area contributed by atoms with Gasteiger partial charge in [0, 0.05) is 12.3 Å². The van der Waals surface area contributed by atoms with E-state index in [1.54, 1.807) is 7.05 Å². The van der Waals surface area contributed by atoms with Gasteiger partial charge in [-0.05, 0) is 12.3 Å². The lowest BCUT2D eigenvalue weighted by molar-refractivity contribution is -0.111. The van der Waals surface area contributed by atoms with Gasteiger partial charge in [0.05, 0.1) is 6.04 Å². The summed E-state index contributed by atoms with van der Waals surface area (Å²) in [6, 6.07) is -0.288. The topological polar surface area (TPSA) is 37.4 Å². The van der Waals surface area contributed by atoms with Crippen LogP contribution in [0.5, 0.6) is 0 Å². The molecule has 4 heteroatoms. The quantitative estimate of drug-likeness (QED) is 0.683. The lowest BCUT2D eigenvalue weighted by atomic mass is 10.0. The number of likely N-dealkylation sites (N-methyl/N-ethyl adjacent to an activating group) is 1. The molecule has 0 spiro atoms. The SMILES string of the molecule is CC(C)CC(C=O)N(C)C(=O)SC(C)C. The summed E-state index contributed by atoms with van der Waals surface area (Å²) < 4.78 is 0. The van der Waals surface area contributed by atoms with Crippen molar-refractivity contribution in [2.75, 3.05) is 7.05 Å². The smallest absolute Gasteiger partial charge is 0.282 e. The van der Waals surface area contributed by atoms with E-state index in [0.29, 0.717) is 5.92 Å². The molecule has 0 radical (unpaired) electrons. The normalized spacial score (nSPS) is 13.0. The van der Waals surface area contributed by atoms with Crippen LogP contribution in [0.15, 0.2) is 0 Å². The summed E-state index contributed by atoms with van der Waals surface area (Å²) in [6.45, 7) is 8.03.